The van der Waals surface area contributed by atoms with Gasteiger partial charge in [0.2, 0.25) is 0 Å². The first-order valence-corrected chi connectivity index (χ1v) is 5.70. The zero-order chi connectivity index (χ0) is 11.5. The standard InChI is InChI=1S/C14H17NO.ClH/c1-2-5-12(15)14-11-7-4-3-6-10(11)8-9-13(14)16;/h3-4,6-9,12,16H,2,5,15H2,1H3;1H. The molecule has 0 fully saturated rings. The number of aromatic hydroxyl groups is 1. The third kappa shape index (κ3) is 2.71. The summed E-state index contributed by atoms with van der Waals surface area (Å²) in [4.78, 5) is 0. The van der Waals surface area contributed by atoms with E-state index < -0.39 is 0 Å². The molecule has 1 atom stereocenters. The summed E-state index contributed by atoms with van der Waals surface area (Å²) in [5.41, 5.74) is 6.99. The van der Waals surface area contributed by atoms with Crippen LogP contribution in [0.15, 0.2) is 36.4 Å². The summed E-state index contributed by atoms with van der Waals surface area (Å²) in [6.07, 6.45) is 1.91. The van der Waals surface area contributed by atoms with Crippen LogP contribution in [0.2, 0.25) is 0 Å². The van der Waals surface area contributed by atoms with Crippen molar-refractivity contribution in [2.75, 3.05) is 0 Å². The molecule has 0 aliphatic carbocycles. The van der Waals surface area contributed by atoms with Gasteiger partial charge in [-0.3, -0.25) is 0 Å². The maximum atomic E-state index is 9.93. The van der Waals surface area contributed by atoms with Crippen molar-refractivity contribution in [3.05, 3.63) is 42.0 Å². The molecule has 0 spiro atoms. The van der Waals surface area contributed by atoms with Crippen LogP contribution in [-0.2, 0) is 0 Å². The zero-order valence-electron chi connectivity index (χ0n) is 9.89. The van der Waals surface area contributed by atoms with Gasteiger partial charge in [-0.2, -0.15) is 0 Å². The number of hydrogen-bond donors (Lipinski definition) is 2. The van der Waals surface area contributed by atoms with Crippen LogP contribution in [0.25, 0.3) is 10.8 Å². The largest absolute Gasteiger partial charge is 0.508 e. The number of hydrogen-bond acceptors (Lipinski definition) is 2. The molecule has 0 aliphatic rings. The van der Waals surface area contributed by atoms with Crippen molar-refractivity contribution >= 4 is 23.2 Å². The number of phenols is 1. The lowest BCUT2D eigenvalue weighted by Crippen LogP contribution is -2.10. The molecule has 0 bridgehead atoms. The molecular weight excluding hydrogens is 234 g/mol. The first-order chi connectivity index (χ1) is 7.74. The van der Waals surface area contributed by atoms with Gasteiger partial charge in [0, 0.05) is 11.6 Å². The van der Waals surface area contributed by atoms with Crippen molar-refractivity contribution in [1.29, 1.82) is 0 Å². The van der Waals surface area contributed by atoms with E-state index in [0.717, 1.165) is 29.2 Å². The molecule has 0 saturated heterocycles. The van der Waals surface area contributed by atoms with Crippen LogP contribution in [0.1, 0.15) is 31.4 Å². The summed E-state index contributed by atoms with van der Waals surface area (Å²) in [5, 5.41) is 12.1. The summed E-state index contributed by atoms with van der Waals surface area (Å²) in [7, 11) is 0. The molecule has 0 heterocycles. The average molecular weight is 252 g/mol. The summed E-state index contributed by atoms with van der Waals surface area (Å²) in [6.45, 7) is 2.10. The summed E-state index contributed by atoms with van der Waals surface area (Å²) < 4.78 is 0. The van der Waals surface area contributed by atoms with E-state index in [1.807, 2.05) is 30.3 Å². The molecule has 1 unspecified atom stereocenters. The molecule has 92 valence electrons. The average Bonchev–Trinajstić information content (AvgIpc) is 2.29. The molecule has 3 heteroatoms. The maximum absolute atomic E-state index is 9.93. The lowest BCUT2D eigenvalue weighted by molar-refractivity contribution is 0.460. The number of phenolic OH excluding ortho intramolecular Hbond substituents is 1. The van der Waals surface area contributed by atoms with E-state index in [-0.39, 0.29) is 18.4 Å². The zero-order valence-corrected chi connectivity index (χ0v) is 10.7. The van der Waals surface area contributed by atoms with E-state index in [4.69, 9.17) is 5.73 Å². The topological polar surface area (TPSA) is 46.2 Å². The monoisotopic (exact) mass is 251 g/mol. The van der Waals surface area contributed by atoms with Crippen LogP contribution < -0.4 is 5.73 Å². The quantitative estimate of drug-likeness (QED) is 0.872. The molecular formula is C14H18ClNO. The van der Waals surface area contributed by atoms with E-state index in [0.29, 0.717) is 5.75 Å². The highest BCUT2D eigenvalue weighted by molar-refractivity contribution is 5.88. The van der Waals surface area contributed by atoms with E-state index in [2.05, 4.69) is 6.92 Å². The minimum atomic E-state index is -0.0869. The van der Waals surface area contributed by atoms with Gasteiger partial charge in [-0.15, -0.1) is 12.4 Å². The first-order valence-electron chi connectivity index (χ1n) is 5.70. The molecule has 0 aliphatic heterocycles. The number of benzene rings is 2. The number of rotatable bonds is 3. The molecule has 3 N–H and O–H groups in total. The van der Waals surface area contributed by atoms with Gasteiger partial charge in [-0.05, 0) is 23.3 Å². The Morgan fingerprint density at radius 1 is 1.18 bits per heavy atom. The van der Waals surface area contributed by atoms with Crippen LogP contribution >= 0.6 is 12.4 Å². The second kappa shape index (κ2) is 5.89. The van der Waals surface area contributed by atoms with Crippen molar-refractivity contribution in [1.82, 2.24) is 0 Å². The van der Waals surface area contributed by atoms with E-state index >= 15 is 0 Å². The van der Waals surface area contributed by atoms with Gasteiger partial charge in [0.1, 0.15) is 5.75 Å². The first kappa shape index (κ1) is 13.8. The molecule has 2 rings (SSSR count). The van der Waals surface area contributed by atoms with E-state index in [1.165, 1.54) is 0 Å². The fraction of sp³-hybridized carbons (Fsp3) is 0.286. The molecule has 0 amide bonds. The SMILES string of the molecule is CCCC(N)c1c(O)ccc2ccccc12.Cl. The highest BCUT2D eigenvalue weighted by Crippen LogP contribution is 2.32. The van der Waals surface area contributed by atoms with Crippen LogP contribution in [0.3, 0.4) is 0 Å². The van der Waals surface area contributed by atoms with Crippen molar-refractivity contribution in [2.24, 2.45) is 5.73 Å². The predicted octanol–water partition coefficient (Wildman–Crippen LogP) is 3.77. The second-order valence-corrected chi connectivity index (χ2v) is 4.11. The Morgan fingerprint density at radius 3 is 2.59 bits per heavy atom. The predicted molar refractivity (Wildman–Crippen MR) is 74.7 cm³/mol. The van der Waals surface area contributed by atoms with Gasteiger partial charge in [0.25, 0.3) is 0 Å². The smallest absolute Gasteiger partial charge is 0.120 e. The maximum Gasteiger partial charge on any atom is 0.120 e. The highest BCUT2D eigenvalue weighted by Gasteiger charge is 2.13. The highest BCUT2D eigenvalue weighted by atomic mass is 35.5. The number of halogens is 1. The lowest BCUT2D eigenvalue weighted by atomic mass is 9.95. The summed E-state index contributed by atoms with van der Waals surface area (Å²) >= 11 is 0. The van der Waals surface area contributed by atoms with Crippen molar-refractivity contribution < 1.29 is 5.11 Å². The van der Waals surface area contributed by atoms with Gasteiger partial charge in [-0.25, -0.2) is 0 Å². The van der Waals surface area contributed by atoms with Gasteiger partial charge >= 0.3 is 0 Å². The van der Waals surface area contributed by atoms with Crippen LogP contribution in [0.5, 0.6) is 5.75 Å². The minimum absolute atomic E-state index is 0. The Hall–Kier alpha value is -1.25. The molecule has 2 aromatic rings. The Kier molecular flexibility index (Phi) is 4.79. The van der Waals surface area contributed by atoms with E-state index in [1.54, 1.807) is 6.07 Å². The van der Waals surface area contributed by atoms with E-state index in [9.17, 15) is 5.11 Å². The minimum Gasteiger partial charge on any atom is -0.508 e. The second-order valence-electron chi connectivity index (χ2n) is 4.11. The van der Waals surface area contributed by atoms with Gasteiger partial charge in [0.05, 0.1) is 0 Å². The lowest BCUT2D eigenvalue weighted by Gasteiger charge is -2.15. The fourth-order valence-electron chi connectivity index (χ4n) is 2.13. The molecule has 17 heavy (non-hydrogen) atoms. The Labute approximate surface area is 108 Å². The third-order valence-electron chi connectivity index (χ3n) is 2.92. The van der Waals surface area contributed by atoms with Crippen molar-refractivity contribution in [3.63, 3.8) is 0 Å². The third-order valence-corrected chi connectivity index (χ3v) is 2.92. The van der Waals surface area contributed by atoms with Crippen molar-refractivity contribution in [3.8, 4) is 5.75 Å². The molecule has 0 saturated carbocycles. The number of fused-ring (bicyclic) bond motifs is 1. The van der Waals surface area contributed by atoms with Crippen LogP contribution in [0.4, 0.5) is 0 Å². The Morgan fingerprint density at radius 2 is 1.88 bits per heavy atom. The summed E-state index contributed by atoms with van der Waals surface area (Å²) in [5.74, 6) is 0.305. The Balaban J connectivity index is 0.00000144. The van der Waals surface area contributed by atoms with Crippen LogP contribution in [-0.4, -0.2) is 5.11 Å². The molecule has 2 nitrogen and oxygen atoms in total. The van der Waals surface area contributed by atoms with Crippen molar-refractivity contribution in [2.45, 2.75) is 25.8 Å². The van der Waals surface area contributed by atoms with Gasteiger partial charge in [0.15, 0.2) is 0 Å². The normalized spacial score (nSPS) is 12.1. The number of nitrogens with two attached hydrogens (primary N) is 1. The van der Waals surface area contributed by atoms with Gasteiger partial charge in [-0.1, -0.05) is 43.7 Å². The molecule has 2 aromatic carbocycles. The van der Waals surface area contributed by atoms with Crippen LogP contribution in [0, 0.1) is 0 Å². The fourth-order valence-corrected chi connectivity index (χ4v) is 2.13. The summed E-state index contributed by atoms with van der Waals surface area (Å²) in [6, 6.07) is 11.6. The molecule has 0 aromatic heterocycles. The molecule has 0 radical (unpaired) electrons. The Bertz CT molecular complexity index is 499. The van der Waals surface area contributed by atoms with Gasteiger partial charge < -0.3 is 10.8 Å².